The lowest BCUT2D eigenvalue weighted by molar-refractivity contribution is 0.0286. The number of imidazole rings is 1. The first-order chi connectivity index (χ1) is 8.31. The zero-order chi connectivity index (χ0) is 12.5. The number of nitrogens with zero attached hydrogens (tertiary/aromatic N) is 2. The molecule has 17 heavy (non-hydrogen) atoms. The minimum Gasteiger partial charge on any atom is -0.382 e. The minimum atomic E-state index is 0.0922. The molecule has 1 unspecified atom stereocenters. The topological polar surface area (TPSA) is 48.3 Å². The summed E-state index contributed by atoms with van der Waals surface area (Å²) in [7, 11) is 3.38. The molecule has 5 heteroatoms. The molecule has 1 atom stereocenters. The number of rotatable bonds is 9. The lowest BCUT2D eigenvalue weighted by Gasteiger charge is -2.15. The Bertz CT molecular complexity index is 302. The molecule has 98 valence electrons. The molecular weight excluding hydrogens is 218 g/mol. The van der Waals surface area contributed by atoms with E-state index in [1.54, 1.807) is 14.2 Å². The second-order valence-electron chi connectivity index (χ2n) is 3.98. The van der Waals surface area contributed by atoms with Gasteiger partial charge in [0.15, 0.2) is 0 Å². The number of methoxy groups -OCH3 is 2. The molecule has 1 aromatic heterocycles. The summed E-state index contributed by atoms with van der Waals surface area (Å²) in [5.74, 6) is 1.07. The Labute approximate surface area is 103 Å². The molecular formula is C12H23N3O2. The second kappa shape index (κ2) is 8.22. The van der Waals surface area contributed by atoms with Crippen LogP contribution in [0.1, 0.15) is 19.2 Å². The van der Waals surface area contributed by atoms with Gasteiger partial charge in [-0.3, -0.25) is 0 Å². The number of aromatic nitrogens is 2. The molecule has 1 aromatic rings. The average molecular weight is 241 g/mol. The third-order valence-electron chi connectivity index (χ3n) is 2.61. The van der Waals surface area contributed by atoms with Crippen LogP contribution >= 0.6 is 0 Å². The third-order valence-corrected chi connectivity index (χ3v) is 2.61. The maximum Gasteiger partial charge on any atom is 0.122 e. The lowest BCUT2D eigenvalue weighted by atomic mass is 10.3. The van der Waals surface area contributed by atoms with Gasteiger partial charge in [-0.25, -0.2) is 4.98 Å². The van der Waals surface area contributed by atoms with Gasteiger partial charge in [0.1, 0.15) is 5.82 Å². The van der Waals surface area contributed by atoms with E-state index in [1.165, 1.54) is 0 Å². The first-order valence-electron chi connectivity index (χ1n) is 6.04. The molecule has 1 rings (SSSR count). The van der Waals surface area contributed by atoms with Gasteiger partial charge in [0, 0.05) is 39.7 Å². The Balaban J connectivity index is 2.31. The van der Waals surface area contributed by atoms with Crippen LogP contribution in [0.4, 0.5) is 0 Å². The van der Waals surface area contributed by atoms with Gasteiger partial charge in [0.05, 0.1) is 19.3 Å². The van der Waals surface area contributed by atoms with Crippen LogP contribution in [0.15, 0.2) is 12.4 Å². The molecule has 0 saturated heterocycles. The van der Waals surface area contributed by atoms with Crippen molar-refractivity contribution in [2.24, 2.45) is 0 Å². The van der Waals surface area contributed by atoms with Crippen LogP contribution in [-0.2, 0) is 22.6 Å². The average Bonchev–Trinajstić information content (AvgIpc) is 2.76. The minimum absolute atomic E-state index is 0.0922. The SMILES string of the molecule is CCCn1ccnc1CNCC(COC)OC. The largest absolute Gasteiger partial charge is 0.382 e. The van der Waals surface area contributed by atoms with Gasteiger partial charge in [0.2, 0.25) is 0 Å². The summed E-state index contributed by atoms with van der Waals surface area (Å²) in [4.78, 5) is 4.33. The van der Waals surface area contributed by atoms with Crippen molar-refractivity contribution in [3.63, 3.8) is 0 Å². The summed E-state index contributed by atoms with van der Waals surface area (Å²) in [6.07, 6.45) is 5.07. The maximum absolute atomic E-state index is 5.27. The number of hydrogen-bond acceptors (Lipinski definition) is 4. The molecule has 1 N–H and O–H groups in total. The normalized spacial score (nSPS) is 12.9. The fourth-order valence-corrected chi connectivity index (χ4v) is 1.69. The summed E-state index contributed by atoms with van der Waals surface area (Å²) in [5, 5.41) is 3.33. The van der Waals surface area contributed by atoms with Gasteiger partial charge in [-0.15, -0.1) is 0 Å². The molecule has 0 radical (unpaired) electrons. The highest BCUT2D eigenvalue weighted by atomic mass is 16.5. The van der Waals surface area contributed by atoms with Crippen molar-refractivity contribution < 1.29 is 9.47 Å². The van der Waals surface area contributed by atoms with E-state index in [0.29, 0.717) is 6.61 Å². The van der Waals surface area contributed by atoms with Crippen molar-refractivity contribution >= 4 is 0 Å². The molecule has 0 aliphatic heterocycles. The van der Waals surface area contributed by atoms with Gasteiger partial charge in [-0.05, 0) is 6.42 Å². The summed E-state index contributed by atoms with van der Waals surface area (Å²) >= 11 is 0. The molecule has 0 fully saturated rings. The van der Waals surface area contributed by atoms with Gasteiger partial charge >= 0.3 is 0 Å². The van der Waals surface area contributed by atoms with Gasteiger partial charge in [-0.1, -0.05) is 6.92 Å². The molecule has 0 aliphatic carbocycles. The van der Waals surface area contributed by atoms with E-state index in [1.807, 2.05) is 12.4 Å². The van der Waals surface area contributed by atoms with E-state index in [9.17, 15) is 0 Å². The molecule has 5 nitrogen and oxygen atoms in total. The predicted octanol–water partition coefficient (Wildman–Crippen LogP) is 1.04. The summed E-state index contributed by atoms with van der Waals surface area (Å²) < 4.78 is 12.5. The highest BCUT2D eigenvalue weighted by molar-refractivity contribution is 4.91. The predicted molar refractivity (Wildman–Crippen MR) is 66.9 cm³/mol. The summed E-state index contributed by atoms with van der Waals surface area (Å²) in [5.41, 5.74) is 0. The lowest BCUT2D eigenvalue weighted by Crippen LogP contribution is -2.32. The number of ether oxygens (including phenoxy) is 2. The van der Waals surface area contributed by atoms with Crippen molar-refractivity contribution in [2.45, 2.75) is 32.5 Å². The zero-order valence-corrected chi connectivity index (χ0v) is 11.0. The van der Waals surface area contributed by atoms with Crippen LogP contribution in [0.2, 0.25) is 0 Å². The van der Waals surface area contributed by atoms with Gasteiger partial charge < -0.3 is 19.4 Å². The van der Waals surface area contributed by atoms with Crippen molar-refractivity contribution in [3.8, 4) is 0 Å². The van der Waals surface area contributed by atoms with E-state index in [0.717, 1.165) is 31.9 Å². The fraction of sp³-hybridized carbons (Fsp3) is 0.750. The number of nitrogens with one attached hydrogen (secondary N) is 1. The first-order valence-corrected chi connectivity index (χ1v) is 6.04. The van der Waals surface area contributed by atoms with Crippen LogP contribution in [0.25, 0.3) is 0 Å². The number of aryl methyl sites for hydroxylation is 1. The molecule has 0 bridgehead atoms. The molecule has 0 saturated carbocycles. The van der Waals surface area contributed by atoms with Crippen LogP contribution < -0.4 is 5.32 Å². The first kappa shape index (κ1) is 14.2. The van der Waals surface area contributed by atoms with Crippen molar-refractivity contribution in [1.82, 2.24) is 14.9 Å². The quantitative estimate of drug-likeness (QED) is 0.702. The third kappa shape index (κ3) is 4.85. The molecule has 0 aromatic carbocycles. The second-order valence-corrected chi connectivity index (χ2v) is 3.98. The Kier molecular flexibility index (Phi) is 6.84. The van der Waals surface area contributed by atoms with Crippen molar-refractivity contribution in [2.75, 3.05) is 27.4 Å². The van der Waals surface area contributed by atoms with Gasteiger partial charge in [0.25, 0.3) is 0 Å². The van der Waals surface area contributed by atoms with E-state index >= 15 is 0 Å². The molecule has 1 heterocycles. The van der Waals surface area contributed by atoms with Crippen LogP contribution in [0, 0.1) is 0 Å². The highest BCUT2D eigenvalue weighted by Crippen LogP contribution is 1.99. The van der Waals surface area contributed by atoms with E-state index in [2.05, 4.69) is 21.8 Å². The number of hydrogen-bond donors (Lipinski definition) is 1. The van der Waals surface area contributed by atoms with E-state index in [-0.39, 0.29) is 6.10 Å². The van der Waals surface area contributed by atoms with E-state index in [4.69, 9.17) is 9.47 Å². The Morgan fingerprint density at radius 1 is 1.47 bits per heavy atom. The standard InChI is InChI=1S/C12H23N3O2/c1-4-6-15-7-5-14-12(15)9-13-8-11(17-3)10-16-2/h5,7,11,13H,4,6,8-10H2,1-3H3. The fourth-order valence-electron chi connectivity index (χ4n) is 1.69. The van der Waals surface area contributed by atoms with Gasteiger partial charge in [-0.2, -0.15) is 0 Å². The smallest absolute Gasteiger partial charge is 0.122 e. The summed E-state index contributed by atoms with van der Waals surface area (Å²) in [6.45, 7) is 5.31. The van der Waals surface area contributed by atoms with Crippen LogP contribution in [-0.4, -0.2) is 43.0 Å². The van der Waals surface area contributed by atoms with Crippen LogP contribution in [0.3, 0.4) is 0 Å². The molecule has 0 spiro atoms. The Morgan fingerprint density at radius 2 is 2.29 bits per heavy atom. The van der Waals surface area contributed by atoms with E-state index < -0.39 is 0 Å². The summed E-state index contributed by atoms with van der Waals surface area (Å²) in [6, 6.07) is 0. The Morgan fingerprint density at radius 3 is 2.94 bits per heavy atom. The van der Waals surface area contributed by atoms with Crippen molar-refractivity contribution in [1.29, 1.82) is 0 Å². The molecule has 0 aliphatic rings. The zero-order valence-electron chi connectivity index (χ0n) is 11.0. The monoisotopic (exact) mass is 241 g/mol. The van der Waals surface area contributed by atoms with Crippen molar-refractivity contribution in [3.05, 3.63) is 18.2 Å². The van der Waals surface area contributed by atoms with Crippen LogP contribution in [0.5, 0.6) is 0 Å². The Hall–Kier alpha value is -0.910. The maximum atomic E-state index is 5.27. The highest BCUT2D eigenvalue weighted by Gasteiger charge is 2.07. The molecule has 0 amide bonds.